The van der Waals surface area contributed by atoms with Crippen LogP contribution in [0.4, 0.5) is 0 Å². The van der Waals surface area contributed by atoms with E-state index in [0.717, 1.165) is 0 Å². The van der Waals surface area contributed by atoms with Gasteiger partial charge in [-0.3, -0.25) is 9.11 Å². The second kappa shape index (κ2) is 2.70. The van der Waals surface area contributed by atoms with Crippen LogP contribution in [0, 0.1) is 0 Å². The lowest BCUT2D eigenvalue weighted by Gasteiger charge is -1.73. The minimum atomic E-state index is -3.83. The summed E-state index contributed by atoms with van der Waals surface area (Å²) in [4.78, 5) is 0. The fraction of sp³-hybridized carbons (Fsp3) is 0. The third kappa shape index (κ3) is 174. The van der Waals surface area contributed by atoms with E-state index in [-0.39, 0.29) is 12.4 Å². The Hall–Kier alpha value is 0.580. The van der Waals surface area contributed by atoms with Gasteiger partial charge >= 0.3 is 0 Å². The van der Waals surface area contributed by atoms with E-state index < -0.39 is 9.05 Å². The molecule has 0 aromatic rings. The van der Waals surface area contributed by atoms with E-state index in [4.69, 9.17) is 13.3 Å². The van der Waals surface area contributed by atoms with Gasteiger partial charge in [0.25, 0.3) is 9.05 Å². The largest absolute Gasteiger partial charge is 0.285 e. The first-order chi connectivity index (χ1) is 2.00. The Morgan fingerprint density at radius 2 is 1.50 bits per heavy atom. The van der Waals surface area contributed by atoms with E-state index in [9.17, 15) is 0 Å². The Morgan fingerprint density at radius 1 is 1.50 bits per heavy atom. The average molecular weight is 151 g/mol. The lowest BCUT2D eigenvalue weighted by Crippen LogP contribution is -1.86. The lowest BCUT2D eigenvalue weighted by atomic mass is 15.8. The summed E-state index contributed by atoms with van der Waals surface area (Å²) in [5.74, 6) is 0. The second-order valence-corrected chi connectivity index (χ2v) is 2.65. The van der Waals surface area contributed by atoms with Crippen molar-refractivity contribution in [2.45, 2.75) is 0 Å². The van der Waals surface area contributed by atoms with Gasteiger partial charge in [-0.05, 0) is 0 Å². The average Bonchev–Trinajstić information content (AvgIpc) is 0.722. The molecule has 0 aromatic heterocycles. The molecule has 0 fully saturated rings. The van der Waals surface area contributed by atoms with E-state index in [0.29, 0.717) is 0 Å². The molecule has 0 spiro atoms. The molecule has 0 aromatic carbocycles. The third-order valence-corrected chi connectivity index (χ3v) is 0. The van der Waals surface area contributed by atoms with Crippen LogP contribution in [0.25, 0.3) is 0 Å². The summed E-state index contributed by atoms with van der Waals surface area (Å²) in [7, 11) is -3.83. The van der Waals surface area contributed by atoms with Crippen molar-refractivity contribution in [3.8, 4) is 0 Å². The van der Waals surface area contributed by atoms with Crippen LogP contribution in [0.1, 0.15) is 0 Å². The van der Waals surface area contributed by atoms with Crippen LogP contribution in [0.15, 0.2) is 0 Å². The highest BCUT2D eigenvalue weighted by molar-refractivity contribution is 8.26. The molecule has 0 aliphatic carbocycles. The zero-order chi connectivity index (χ0) is 4.50. The van der Waals surface area contributed by atoms with Crippen molar-refractivity contribution in [1.82, 2.24) is 0 Å². The molecule has 0 bridgehead atoms. The Balaban J connectivity index is 0. The molecule has 6 heteroatoms. The highest BCUT2D eigenvalue weighted by Gasteiger charge is 1.78. The van der Waals surface area contributed by atoms with Gasteiger partial charge < -0.3 is 0 Å². The molecule has 2 N–H and O–H groups in total. The number of hydrogen-bond donors (Lipinski definition) is 2. The summed E-state index contributed by atoms with van der Waals surface area (Å²) in [6, 6.07) is 0. The Kier molecular flexibility index (Phi) is 4.40. The minimum Gasteiger partial charge on any atom is -0.285 e. The van der Waals surface area contributed by atoms with Gasteiger partial charge in [-0.25, -0.2) is 0 Å². The molecule has 0 saturated carbocycles. The summed E-state index contributed by atoms with van der Waals surface area (Å²) in [5, 5.41) is 0. The molecule has 6 heavy (non-hydrogen) atoms. The molecule has 0 aliphatic rings. The second-order valence-electron chi connectivity index (χ2n) is 0.448. The molecular formula is H3ClO3S2. The maximum atomic E-state index is 9.11. The molecule has 0 unspecified atom stereocenters. The van der Waals surface area contributed by atoms with Crippen molar-refractivity contribution in [3.05, 3.63) is 0 Å². The Bertz CT molecular complexity index is 92.0. The standard InChI is InChI=1S/ClH.H2O3S2/c;1-5(2,3)4/h1H;(H2,1,2,3,4). The smallest absolute Gasteiger partial charge is 0.263 e. The molecule has 0 heterocycles. The topological polar surface area (TPSA) is 57.5 Å². The summed E-state index contributed by atoms with van der Waals surface area (Å²) < 4.78 is 24.0. The van der Waals surface area contributed by atoms with Crippen molar-refractivity contribution in [3.63, 3.8) is 0 Å². The fourth-order valence-corrected chi connectivity index (χ4v) is 0. The molecule has 0 aliphatic heterocycles. The van der Waals surface area contributed by atoms with E-state index in [1.165, 1.54) is 0 Å². The number of hydrogen-bond acceptors (Lipinski definition) is 2. The monoisotopic (exact) mass is 150 g/mol. The molecule has 0 radical (unpaired) electrons. The molecule has 0 atom stereocenters. The van der Waals surface area contributed by atoms with Crippen LogP contribution in [-0.2, 0) is 20.2 Å². The van der Waals surface area contributed by atoms with E-state index >= 15 is 0 Å². The third-order valence-electron chi connectivity index (χ3n) is 0. The first-order valence-corrected chi connectivity index (χ1v) is 3.10. The van der Waals surface area contributed by atoms with Gasteiger partial charge in [0.1, 0.15) is 0 Å². The zero-order valence-corrected chi connectivity index (χ0v) is 4.98. The summed E-state index contributed by atoms with van der Waals surface area (Å²) in [5.41, 5.74) is 0. The summed E-state index contributed by atoms with van der Waals surface area (Å²) in [6.07, 6.45) is 0. The number of rotatable bonds is 0. The Morgan fingerprint density at radius 3 is 1.50 bits per heavy atom. The van der Waals surface area contributed by atoms with E-state index in [1.807, 2.05) is 0 Å². The van der Waals surface area contributed by atoms with Crippen LogP contribution in [0.3, 0.4) is 0 Å². The van der Waals surface area contributed by atoms with Crippen LogP contribution >= 0.6 is 12.4 Å². The molecule has 40 valence electrons. The quantitative estimate of drug-likeness (QED) is 0.514. The van der Waals surface area contributed by atoms with Gasteiger partial charge in [0, 0.05) is 11.2 Å². The van der Waals surface area contributed by atoms with Crippen molar-refractivity contribution >= 4 is 32.6 Å². The van der Waals surface area contributed by atoms with E-state index in [1.54, 1.807) is 0 Å². The number of halogens is 1. The zero-order valence-electron chi connectivity index (χ0n) is 2.53. The van der Waals surface area contributed by atoms with Crippen molar-refractivity contribution in [1.29, 1.82) is 0 Å². The fourth-order valence-electron chi connectivity index (χ4n) is 0. The van der Waals surface area contributed by atoms with Gasteiger partial charge in [0.05, 0.1) is 0 Å². The molecule has 3 nitrogen and oxygen atoms in total. The lowest BCUT2D eigenvalue weighted by molar-refractivity contribution is 0.450. The van der Waals surface area contributed by atoms with Gasteiger partial charge in [-0.15, -0.1) is 12.4 Å². The van der Waals surface area contributed by atoms with E-state index in [2.05, 4.69) is 11.2 Å². The maximum Gasteiger partial charge on any atom is 0.263 e. The molecule has 0 amide bonds. The van der Waals surface area contributed by atoms with Gasteiger partial charge in [0.2, 0.25) is 0 Å². The SMILES string of the molecule is Cl.O=S(O)(O)=S. The van der Waals surface area contributed by atoms with Crippen LogP contribution in [-0.4, -0.2) is 13.3 Å². The minimum absolute atomic E-state index is 0. The van der Waals surface area contributed by atoms with Gasteiger partial charge in [-0.1, -0.05) is 0 Å². The van der Waals surface area contributed by atoms with Crippen molar-refractivity contribution in [2.75, 3.05) is 0 Å². The van der Waals surface area contributed by atoms with Crippen molar-refractivity contribution in [2.24, 2.45) is 0 Å². The predicted molar refractivity (Wildman–Crippen MR) is 28.0 cm³/mol. The molecule has 0 rings (SSSR count). The normalized spacial score (nSPS) is 9.67. The van der Waals surface area contributed by atoms with Crippen LogP contribution in [0.5, 0.6) is 0 Å². The predicted octanol–water partition coefficient (Wildman–Crippen LogP) is 0.100. The molecular weight excluding hydrogens is 148 g/mol. The van der Waals surface area contributed by atoms with Gasteiger partial charge in [-0.2, -0.15) is 4.21 Å². The first-order valence-electron chi connectivity index (χ1n) is 0.698. The maximum absolute atomic E-state index is 9.11. The van der Waals surface area contributed by atoms with Crippen molar-refractivity contribution < 1.29 is 13.3 Å². The first kappa shape index (κ1) is 9.77. The highest BCUT2D eigenvalue weighted by atomic mass is 35.5. The summed E-state index contributed by atoms with van der Waals surface area (Å²) >= 11 is 3.47. The molecule has 0 saturated heterocycles. The van der Waals surface area contributed by atoms with Gasteiger partial charge in [0.15, 0.2) is 0 Å². The summed E-state index contributed by atoms with van der Waals surface area (Å²) in [6.45, 7) is 0. The highest BCUT2D eigenvalue weighted by Crippen LogP contribution is 1.62. The Labute approximate surface area is 46.5 Å². The van der Waals surface area contributed by atoms with Crippen LogP contribution < -0.4 is 0 Å². The van der Waals surface area contributed by atoms with Crippen LogP contribution in [0.2, 0.25) is 0 Å².